The molecule has 0 aliphatic heterocycles. The Balaban J connectivity index is 2.32. The Bertz CT molecular complexity index is 10.8. The summed E-state index contributed by atoms with van der Waals surface area (Å²) >= 11 is 6.16. The third kappa shape index (κ3) is 11.4. The summed E-state index contributed by atoms with van der Waals surface area (Å²) in [6.45, 7) is 2.02. The van der Waals surface area contributed by atoms with Crippen molar-refractivity contribution in [1.29, 1.82) is 0 Å². The zero-order chi connectivity index (χ0) is 3.58. The lowest BCUT2D eigenvalue weighted by Gasteiger charge is -1.75. The molecule has 0 aliphatic carbocycles. The molecule has 0 aromatic heterocycles. The summed E-state index contributed by atoms with van der Waals surface area (Å²) < 4.78 is 0.498. The molecule has 0 aromatic carbocycles. The van der Waals surface area contributed by atoms with Crippen molar-refractivity contribution in [3.05, 3.63) is 0 Å². The van der Waals surface area contributed by atoms with Crippen LogP contribution in [0, 0.1) is 0 Å². The number of rotatable bonds is 0. The van der Waals surface area contributed by atoms with Crippen LogP contribution in [0.4, 0.5) is 0 Å². The van der Waals surface area contributed by atoms with Crippen LogP contribution in [0.25, 0.3) is 0 Å². The van der Waals surface area contributed by atoms with E-state index < -0.39 is 0 Å². The fraction of sp³-hybridized carbons (Fsp3) is 1.00. The molecule has 0 N–H and O–H groups in total. The Labute approximate surface area is 45.5 Å². The van der Waals surface area contributed by atoms with Gasteiger partial charge >= 0.3 is 0 Å². The maximum absolute atomic E-state index is 3.95. The standard InChI is InChI=1S/C2H5IS/c1-2(3)4/h2,4H,1H3. The van der Waals surface area contributed by atoms with Gasteiger partial charge in [-0.2, -0.15) is 12.6 Å². The Morgan fingerprint density at radius 3 is 2.00 bits per heavy atom. The highest BCUT2D eigenvalue weighted by atomic mass is 127. The molecule has 1 unspecified atom stereocenters. The van der Waals surface area contributed by atoms with Gasteiger partial charge in [-0.1, -0.05) is 22.6 Å². The van der Waals surface area contributed by atoms with Crippen LogP contribution in [0.1, 0.15) is 6.92 Å². The molecule has 0 fully saturated rings. The summed E-state index contributed by atoms with van der Waals surface area (Å²) in [7, 11) is 0. The van der Waals surface area contributed by atoms with E-state index in [0.29, 0.717) is 3.26 Å². The fourth-order valence-electron chi connectivity index (χ4n) is 0. The van der Waals surface area contributed by atoms with Crippen LogP contribution in [0.15, 0.2) is 0 Å². The van der Waals surface area contributed by atoms with Crippen molar-refractivity contribution in [2.24, 2.45) is 0 Å². The normalized spacial score (nSPS) is 15.8. The van der Waals surface area contributed by atoms with Crippen LogP contribution >= 0.6 is 35.2 Å². The second-order valence-corrected chi connectivity index (χ2v) is 4.20. The van der Waals surface area contributed by atoms with E-state index in [1.54, 1.807) is 0 Å². The molecule has 0 saturated carbocycles. The zero-order valence-corrected chi connectivity index (χ0v) is 5.45. The van der Waals surface area contributed by atoms with Crippen molar-refractivity contribution in [3.63, 3.8) is 0 Å². The van der Waals surface area contributed by atoms with Crippen LogP contribution in [0.2, 0.25) is 0 Å². The molecule has 0 bridgehead atoms. The SMILES string of the molecule is CC(S)I. The van der Waals surface area contributed by atoms with Gasteiger partial charge in [0.15, 0.2) is 0 Å². The van der Waals surface area contributed by atoms with E-state index in [9.17, 15) is 0 Å². The largest absolute Gasteiger partial charge is 0.165 e. The number of hydrogen-bond acceptors (Lipinski definition) is 1. The van der Waals surface area contributed by atoms with E-state index in [0.717, 1.165) is 0 Å². The molecule has 0 aromatic rings. The first-order chi connectivity index (χ1) is 1.73. The molecule has 0 rings (SSSR count). The van der Waals surface area contributed by atoms with E-state index >= 15 is 0 Å². The van der Waals surface area contributed by atoms with Gasteiger partial charge < -0.3 is 0 Å². The van der Waals surface area contributed by atoms with Gasteiger partial charge in [0.1, 0.15) is 0 Å². The predicted octanol–water partition coefficient (Wildman–Crippen LogP) is 1.70. The van der Waals surface area contributed by atoms with Gasteiger partial charge in [0.25, 0.3) is 0 Å². The monoisotopic (exact) mass is 188 g/mol. The minimum absolute atomic E-state index is 0.498. The predicted molar refractivity (Wildman–Crippen MR) is 32.5 cm³/mol. The number of halogens is 1. The minimum atomic E-state index is 0.498. The molecule has 0 nitrogen and oxygen atoms in total. The first-order valence-electron chi connectivity index (χ1n) is 1.05. The second-order valence-electron chi connectivity index (χ2n) is 0.574. The van der Waals surface area contributed by atoms with Crippen LogP contribution in [-0.2, 0) is 0 Å². The van der Waals surface area contributed by atoms with Crippen molar-refractivity contribution >= 4 is 35.2 Å². The quantitative estimate of drug-likeness (QED) is 0.334. The molecule has 0 amide bonds. The summed E-state index contributed by atoms with van der Waals surface area (Å²) in [5.74, 6) is 0. The lowest BCUT2D eigenvalue weighted by molar-refractivity contribution is 1.50. The maximum Gasteiger partial charge on any atom is 0.0506 e. The fourth-order valence-corrected chi connectivity index (χ4v) is 0. The zero-order valence-electron chi connectivity index (χ0n) is 2.40. The molecular formula is C2H5IS. The third-order valence-corrected chi connectivity index (χ3v) is 0. The first-order valence-corrected chi connectivity index (χ1v) is 2.82. The topological polar surface area (TPSA) is 0 Å². The molecule has 1 atom stereocenters. The van der Waals surface area contributed by atoms with E-state index in [-0.39, 0.29) is 0 Å². The Morgan fingerprint density at radius 2 is 2.00 bits per heavy atom. The van der Waals surface area contributed by atoms with Crippen LogP contribution in [0.3, 0.4) is 0 Å². The highest BCUT2D eigenvalue weighted by Gasteiger charge is 1.71. The van der Waals surface area contributed by atoms with Crippen molar-refractivity contribution in [2.45, 2.75) is 10.2 Å². The van der Waals surface area contributed by atoms with E-state index in [4.69, 9.17) is 0 Å². The van der Waals surface area contributed by atoms with E-state index in [1.165, 1.54) is 0 Å². The van der Waals surface area contributed by atoms with Gasteiger partial charge in [0, 0.05) is 0 Å². The molecule has 0 aliphatic rings. The Hall–Kier alpha value is 1.08. The summed E-state index contributed by atoms with van der Waals surface area (Å²) in [6, 6.07) is 0. The van der Waals surface area contributed by atoms with Crippen molar-refractivity contribution in [3.8, 4) is 0 Å². The Morgan fingerprint density at radius 1 is 2.00 bits per heavy atom. The molecule has 4 heavy (non-hydrogen) atoms. The minimum Gasteiger partial charge on any atom is -0.165 e. The number of alkyl halides is 1. The van der Waals surface area contributed by atoms with Gasteiger partial charge in [0.2, 0.25) is 0 Å². The smallest absolute Gasteiger partial charge is 0.0506 e. The van der Waals surface area contributed by atoms with Gasteiger partial charge in [-0.3, -0.25) is 0 Å². The van der Waals surface area contributed by atoms with E-state index in [1.807, 2.05) is 6.92 Å². The average molecular weight is 188 g/mol. The molecule has 0 spiro atoms. The average Bonchev–Trinajstić information content (AvgIpc) is 0.811. The van der Waals surface area contributed by atoms with E-state index in [2.05, 4.69) is 35.2 Å². The van der Waals surface area contributed by atoms with Crippen molar-refractivity contribution in [2.75, 3.05) is 0 Å². The van der Waals surface area contributed by atoms with Crippen molar-refractivity contribution < 1.29 is 0 Å². The molecular weight excluding hydrogens is 183 g/mol. The third-order valence-electron chi connectivity index (χ3n) is 0. The molecule has 26 valence electrons. The lowest BCUT2D eigenvalue weighted by Crippen LogP contribution is -1.61. The van der Waals surface area contributed by atoms with Crippen LogP contribution in [-0.4, -0.2) is 3.26 Å². The summed E-state index contributed by atoms with van der Waals surface area (Å²) in [4.78, 5) is 0. The maximum atomic E-state index is 3.95. The van der Waals surface area contributed by atoms with Crippen LogP contribution < -0.4 is 0 Å². The van der Waals surface area contributed by atoms with Crippen LogP contribution in [0.5, 0.6) is 0 Å². The Kier molecular flexibility index (Phi) is 2.95. The molecule has 2 heteroatoms. The van der Waals surface area contributed by atoms with Gasteiger partial charge in [0.05, 0.1) is 3.26 Å². The molecule has 0 radical (unpaired) electrons. The first kappa shape index (κ1) is 5.08. The van der Waals surface area contributed by atoms with Gasteiger partial charge in [-0.15, -0.1) is 0 Å². The summed E-state index contributed by atoms with van der Waals surface area (Å²) in [5.41, 5.74) is 0. The second kappa shape index (κ2) is 2.33. The molecule has 0 heterocycles. The summed E-state index contributed by atoms with van der Waals surface area (Å²) in [6.07, 6.45) is 0. The lowest BCUT2D eigenvalue weighted by atomic mass is 11.0. The van der Waals surface area contributed by atoms with Gasteiger partial charge in [-0.05, 0) is 6.92 Å². The molecule has 0 saturated heterocycles. The van der Waals surface area contributed by atoms with Crippen molar-refractivity contribution in [1.82, 2.24) is 0 Å². The summed E-state index contributed by atoms with van der Waals surface area (Å²) in [5, 5.41) is 0. The number of thiol groups is 1. The number of hydrogen-bond donors (Lipinski definition) is 1. The highest BCUT2D eigenvalue weighted by Crippen LogP contribution is 1.99. The van der Waals surface area contributed by atoms with Gasteiger partial charge in [-0.25, -0.2) is 0 Å². The highest BCUT2D eigenvalue weighted by molar-refractivity contribution is 14.1.